The molecule has 0 aliphatic carbocycles. The number of H-pyrrole nitrogens is 1. The number of benzene rings is 1. The molecule has 3 rings (SSSR count). The molecule has 2 heterocycles. The Hall–Kier alpha value is -2.12. The molecule has 0 fully saturated rings. The van der Waals surface area contributed by atoms with Gasteiger partial charge in [0.2, 0.25) is 5.88 Å². The number of aromatic nitrogens is 2. The predicted molar refractivity (Wildman–Crippen MR) is 101 cm³/mol. The molecule has 0 saturated heterocycles. The molecule has 3 N–H and O–H groups in total. The van der Waals surface area contributed by atoms with Crippen molar-refractivity contribution in [3.8, 4) is 5.88 Å². The third-order valence-electron chi connectivity index (χ3n) is 4.22. The number of aromatic amines is 1. The van der Waals surface area contributed by atoms with E-state index in [1.807, 2.05) is 24.3 Å². The quantitative estimate of drug-likeness (QED) is 0.695. The zero-order valence-corrected chi connectivity index (χ0v) is 15.3. The van der Waals surface area contributed by atoms with E-state index >= 15 is 0 Å². The van der Waals surface area contributed by atoms with Crippen molar-refractivity contribution < 1.29 is 5.11 Å². The second kappa shape index (κ2) is 7.41. The molecule has 6 nitrogen and oxygen atoms in total. The van der Waals surface area contributed by atoms with Gasteiger partial charge in [-0.25, -0.2) is 0 Å². The van der Waals surface area contributed by atoms with Gasteiger partial charge in [-0.1, -0.05) is 37.1 Å². The maximum absolute atomic E-state index is 12.3. The van der Waals surface area contributed by atoms with Crippen molar-refractivity contribution >= 4 is 29.5 Å². The SMILES string of the molecule is CCCCn1c(O)c(C2=NNC(c3ccc(Cl)cc3)C2)c(=O)[nH]c1=S. The zero-order chi connectivity index (χ0) is 18.0. The summed E-state index contributed by atoms with van der Waals surface area (Å²) in [5.74, 6) is -0.125. The number of hydrogen-bond acceptors (Lipinski definition) is 5. The second-order valence-corrected chi connectivity index (χ2v) is 6.78. The average molecular weight is 379 g/mol. The van der Waals surface area contributed by atoms with Crippen LogP contribution in [0, 0.1) is 4.77 Å². The monoisotopic (exact) mass is 378 g/mol. The Morgan fingerprint density at radius 1 is 1.40 bits per heavy atom. The summed E-state index contributed by atoms with van der Waals surface area (Å²) in [5.41, 5.74) is 4.29. The summed E-state index contributed by atoms with van der Waals surface area (Å²) in [6, 6.07) is 7.38. The van der Waals surface area contributed by atoms with Crippen LogP contribution in [0.15, 0.2) is 34.2 Å². The lowest BCUT2D eigenvalue weighted by Gasteiger charge is -2.13. The summed E-state index contributed by atoms with van der Waals surface area (Å²) in [5, 5.41) is 15.5. The fraction of sp³-hybridized carbons (Fsp3) is 0.353. The molecular weight excluding hydrogens is 360 g/mol. The molecule has 1 unspecified atom stereocenters. The lowest BCUT2D eigenvalue weighted by Crippen LogP contribution is -2.22. The Balaban J connectivity index is 1.91. The van der Waals surface area contributed by atoms with Gasteiger partial charge in [-0.05, 0) is 36.3 Å². The van der Waals surface area contributed by atoms with E-state index in [9.17, 15) is 9.90 Å². The normalized spacial score (nSPS) is 16.6. The lowest BCUT2D eigenvalue weighted by molar-refractivity contribution is 0.398. The van der Waals surface area contributed by atoms with Crippen molar-refractivity contribution in [2.45, 2.75) is 38.8 Å². The van der Waals surface area contributed by atoms with Crippen molar-refractivity contribution in [1.29, 1.82) is 0 Å². The van der Waals surface area contributed by atoms with Gasteiger partial charge in [0.05, 0.1) is 11.8 Å². The van der Waals surface area contributed by atoms with Crippen LogP contribution in [0.3, 0.4) is 0 Å². The molecule has 8 heteroatoms. The summed E-state index contributed by atoms with van der Waals surface area (Å²) in [7, 11) is 0. The van der Waals surface area contributed by atoms with E-state index in [2.05, 4.69) is 22.4 Å². The van der Waals surface area contributed by atoms with Crippen LogP contribution in [-0.4, -0.2) is 20.4 Å². The fourth-order valence-corrected chi connectivity index (χ4v) is 3.23. The van der Waals surface area contributed by atoms with Crippen LogP contribution in [0.4, 0.5) is 0 Å². The molecule has 0 bridgehead atoms. The van der Waals surface area contributed by atoms with Crippen molar-refractivity contribution in [1.82, 2.24) is 15.0 Å². The standard InChI is InChI=1S/C17H19ClN4O2S/c1-2-3-8-22-16(24)14(15(23)19-17(22)25)13-9-12(20-21-13)10-4-6-11(18)7-5-10/h4-7,12,20,24H,2-3,8-9H2,1H3,(H,19,23,25). The minimum absolute atomic E-state index is 0.0710. The number of unbranched alkanes of at least 4 members (excludes halogenated alkanes) is 1. The van der Waals surface area contributed by atoms with Crippen LogP contribution in [0.5, 0.6) is 5.88 Å². The Bertz CT molecular complexity index is 918. The molecule has 0 radical (unpaired) electrons. The van der Waals surface area contributed by atoms with Crippen LogP contribution < -0.4 is 11.0 Å². The molecule has 2 aromatic rings. The molecule has 1 aliphatic heterocycles. The van der Waals surface area contributed by atoms with E-state index in [4.69, 9.17) is 23.8 Å². The number of rotatable bonds is 5. The number of nitrogens with zero attached hydrogens (tertiary/aromatic N) is 2. The maximum atomic E-state index is 12.3. The first-order chi connectivity index (χ1) is 12.0. The van der Waals surface area contributed by atoms with Crippen LogP contribution in [0.2, 0.25) is 5.02 Å². The molecule has 0 saturated carbocycles. The molecule has 132 valence electrons. The van der Waals surface area contributed by atoms with E-state index in [1.165, 1.54) is 0 Å². The number of hydrazone groups is 1. The molecule has 1 atom stereocenters. The first-order valence-electron chi connectivity index (χ1n) is 8.15. The van der Waals surface area contributed by atoms with Crippen LogP contribution >= 0.6 is 23.8 Å². The van der Waals surface area contributed by atoms with Crippen molar-refractivity contribution in [3.05, 3.63) is 55.5 Å². The van der Waals surface area contributed by atoms with Gasteiger partial charge in [0.1, 0.15) is 5.56 Å². The molecule has 1 aromatic heterocycles. The van der Waals surface area contributed by atoms with Gasteiger partial charge in [0.25, 0.3) is 5.56 Å². The molecule has 1 aliphatic rings. The van der Waals surface area contributed by atoms with Gasteiger partial charge in [0, 0.05) is 18.0 Å². The maximum Gasteiger partial charge on any atom is 0.264 e. The fourth-order valence-electron chi connectivity index (χ4n) is 2.83. The molecular formula is C17H19ClN4O2S. The largest absolute Gasteiger partial charge is 0.494 e. The topological polar surface area (TPSA) is 82.4 Å². The first kappa shape index (κ1) is 17.7. The van der Waals surface area contributed by atoms with Crippen LogP contribution in [0.1, 0.15) is 43.4 Å². The summed E-state index contributed by atoms with van der Waals surface area (Å²) in [6.07, 6.45) is 2.30. The van der Waals surface area contributed by atoms with Crippen molar-refractivity contribution in [2.75, 3.05) is 0 Å². The van der Waals surface area contributed by atoms with Crippen LogP contribution in [0.25, 0.3) is 0 Å². The van der Waals surface area contributed by atoms with Gasteiger partial charge in [-0.2, -0.15) is 5.10 Å². The van der Waals surface area contributed by atoms with Gasteiger partial charge < -0.3 is 10.5 Å². The van der Waals surface area contributed by atoms with Gasteiger partial charge in [-0.15, -0.1) is 0 Å². The van der Waals surface area contributed by atoms with Gasteiger partial charge in [0.15, 0.2) is 4.77 Å². The predicted octanol–water partition coefficient (Wildman–Crippen LogP) is 3.50. The van der Waals surface area contributed by atoms with Crippen molar-refractivity contribution in [2.24, 2.45) is 5.10 Å². The van der Waals surface area contributed by atoms with E-state index in [0.717, 1.165) is 18.4 Å². The third-order valence-corrected chi connectivity index (χ3v) is 4.80. The highest BCUT2D eigenvalue weighted by Crippen LogP contribution is 2.27. The summed E-state index contributed by atoms with van der Waals surface area (Å²) >= 11 is 11.1. The van der Waals surface area contributed by atoms with E-state index in [-0.39, 0.29) is 22.3 Å². The molecule has 0 spiro atoms. The summed E-state index contributed by atoms with van der Waals surface area (Å²) in [6.45, 7) is 2.60. The summed E-state index contributed by atoms with van der Waals surface area (Å²) in [4.78, 5) is 15.0. The Labute approximate surface area is 155 Å². The smallest absolute Gasteiger partial charge is 0.264 e. The van der Waals surface area contributed by atoms with Crippen molar-refractivity contribution in [3.63, 3.8) is 0 Å². The Morgan fingerprint density at radius 2 is 2.12 bits per heavy atom. The summed E-state index contributed by atoms with van der Waals surface area (Å²) < 4.78 is 1.77. The highest BCUT2D eigenvalue weighted by molar-refractivity contribution is 7.71. The molecule has 0 amide bonds. The average Bonchev–Trinajstić information content (AvgIpc) is 3.04. The highest BCUT2D eigenvalue weighted by Gasteiger charge is 2.26. The lowest BCUT2D eigenvalue weighted by atomic mass is 10.00. The number of nitrogens with one attached hydrogen (secondary N) is 2. The number of aromatic hydroxyl groups is 1. The zero-order valence-electron chi connectivity index (χ0n) is 13.8. The minimum Gasteiger partial charge on any atom is -0.494 e. The third kappa shape index (κ3) is 3.62. The van der Waals surface area contributed by atoms with E-state index in [1.54, 1.807) is 4.57 Å². The highest BCUT2D eigenvalue weighted by atomic mass is 35.5. The second-order valence-electron chi connectivity index (χ2n) is 5.96. The van der Waals surface area contributed by atoms with E-state index in [0.29, 0.717) is 23.7 Å². The molecule has 25 heavy (non-hydrogen) atoms. The Morgan fingerprint density at radius 3 is 2.80 bits per heavy atom. The van der Waals surface area contributed by atoms with Crippen LogP contribution in [-0.2, 0) is 6.54 Å². The molecule has 1 aromatic carbocycles. The van der Waals surface area contributed by atoms with Gasteiger partial charge in [-0.3, -0.25) is 14.3 Å². The minimum atomic E-state index is -0.424. The number of hydrogen-bond donors (Lipinski definition) is 3. The van der Waals surface area contributed by atoms with E-state index < -0.39 is 5.56 Å². The van der Waals surface area contributed by atoms with Gasteiger partial charge >= 0.3 is 0 Å². The Kier molecular flexibility index (Phi) is 5.24. The first-order valence-corrected chi connectivity index (χ1v) is 8.94. The number of halogens is 1.